The molecule has 7 N–H and O–H groups in total. The monoisotopic (exact) mass is 835 g/mol. The molecule has 0 spiro atoms. The summed E-state index contributed by atoms with van der Waals surface area (Å²) in [6.45, 7) is 6.94. The van der Waals surface area contributed by atoms with E-state index in [-0.39, 0.29) is 60.5 Å². The van der Waals surface area contributed by atoms with Gasteiger partial charge in [0.15, 0.2) is 8.87 Å². The van der Waals surface area contributed by atoms with Crippen LogP contribution < -0.4 is 37.2 Å². The summed E-state index contributed by atoms with van der Waals surface area (Å²) in [5, 5.41) is 20.4. The SMILES string of the molecule is CC(C)(C)OC(=O)NCCCCCC(=O)NC(CCCCNC(=O)CCCCCNC(=O)CCCCC1SCC2NC(=O)NC21)C(=O)NCCSS(C)(=O)=O. The van der Waals surface area contributed by atoms with Crippen LogP contribution in [0.3, 0.4) is 0 Å². The zero-order valence-corrected chi connectivity index (χ0v) is 35.5. The maximum absolute atomic E-state index is 12.9. The van der Waals surface area contributed by atoms with Crippen molar-refractivity contribution < 1.29 is 41.9 Å². The van der Waals surface area contributed by atoms with Gasteiger partial charge in [-0.25, -0.2) is 18.0 Å². The Labute approximate surface area is 335 Å². The number of hydrogen-bond acceptors (Lipinski definition) is 11. The molecule has 0 aromatic rings. The molecule has 0 aromatic carbocycles. The van der Waals surface area contributed by atoms with Gasteiger partial charge in [0.2, 0.25) is 23.6 Å². The molecule has 7 amide bonds. The average Bonchev–Trinajstić information content (AvgIpc) is 3.65. The van der Waals surface area contributed by atoms with E-state index >= 15 is 0 Å². The number of amides is 7. The summed E-state index contributed by atoms with van der Waals surface area (Å²) in [6, 6.07) is -0.466. The third-order valence-electron chi connectivity index (χ3n) is 8.82. The van der Waals surface area contributed by atoms with Crippen molar-refractivity contribution in [3.05, 3.63) is 0 Å². The van der Waals surface area contributed by atoms with E-state index in [2.05, 4.69) is 37.2 Å². The molecule has 0 saturated carbocycles. The maximum atomic E-state index is 12.9. The van der Waals surface area contributed by atoms with Gasteiger partial charge in [-0.05, 0) is 89.4 Å². The van der Waals surface area contributed by atoms with Crippen LogP contribution in [0.15, 0.2) is 0 Å². The van der Waals surface area contributed by atoms with Gasteiger partial charge in [-0.3, -0.25) is 19.2 Å². The second kappa shape index (κ2) is 26.1. The lowest BCUT2D eigenvalue weighted by molar-refractivity contribution is -0.129. The van der Waals surface area contributed by atoms with E-state index in [1.807, 2.05) is 11.8 Å². The van der Waals surface area contributed by atoms with Crippen LogP contribution in [-0.4, -0.2) is 117 Å². The summed E-state index contributed by atoms with van der Waals surface area (Å²) < 4.78 is 28.0. The van der Waals surface area contributed by atoms with Crippen molar-refractivity contribution in [3.8, 4) is 0 Å². The average molecular weight is 836 g/mol. The Hall–Kier alpha value is -2.93. The zero-order valence-electron chi connectivity index (χ0n) is 33.1. The van der Waals surface area contributed by atoms with Crippen LogP contribution in [0.4, 0.5) is 9.59 Å². The van der Waals surface area contributed by atoms with Crippen LogP contribution >= 0.6 is 22.6 Å². The van der Waals surface area contributed by atoms with Crippen molar-refractivity contribution >= 4 is 67.2 Å². The van der Waals surface area contributed by atoms with Crippen molar-refractivity contribution in [2.24, 2.45) is 0 Å². The first kappa shape index (κ1) is 48.2. The van der Waals surface area contributed by atoms with E-state index in [0.717, 1.165) is 54.9 Å². The van der Waals surface area contributed by atoms with Gasteiger partial charge >= 0.3 is 12.1 Å². The van der Waals surface area contributed by atoms with Gasteiger partial charge in [-0.2, -0.15) is 11.8 Å². The van der Waals surface area contributed by atoms with Gasteiger partial charge < -0.3 is 42.0 Å². The number of alkyl carbamates (subject to hydrolysis) is 1. The molecule has 16 nitrogen and oxygen atoms in total. The molecule has 0 aliphatic carbocycles. The van der Waals surface area contributed by atoms with Crippen LogP contribution in [-0.2, 0) is 32.8 Å². The minimum Gasteiger partial charge on any atom is -0.444 e. The predicted octanol–water partition coefficient (Wildman–Crippen LogP) is 3.05. The Bertz CT molecular complexity index is 1350. The van der Waals surface area contributed by atoms with Gasteiger partial charge in [-0.1, -0.05) is 19.3 Å². The quantitative estimate of drug-likeness (QED) is 0.0344. The van der Waals surface area contributed by atoms with Crippen molar-refractivity contribution in [1.82, 2.24) is 37.2 Å². The lowest BCUT2D eigenvalue weighted by atomic mass is 10.0. The fourth-order valence-electron chi connectivity index (χ4n) is 6.09. The molecule has 0 bridgehead atoms. The van der Waals surface area contributed by atoms with Gasteiger partial charge in [0.1, 0.15) is 11.6 Å². The normalized spacial score (nSPS) is 18.3. The highest BCUT2D eigenvalue weighted by atomic mass is 33.1. The molecule has 2 aliphatic rings. The highest BCUT2D eigenvalue weighted by Gasteiger charge is 2.42. The summed E-state index contributed by atoms with van der Waals surface area (Å²) in [5.41, 5.74) is -0.576. The summed E-state index contributed by atoms with van der Waals surface area (Å²) in [4.78, 5) is 73.3. The Balaban J connectivity index is 1.55. The second-order valence-corrected chi connectivity index (χ2v) is 20.9. The fourth-order valence-corrected chi connectivity index (χ4v) is 9.28. The molecule has 2 saturated heterocycles. The molecular formula is C36H65N7O9S3. The molecule has 2 rings (SSSR count). The smallest absolute Gasteiger partial charge is 0.407 e. The topological polar surface area (TPSA) is 230 Å². The van der Waals surface area contributed by atoms with Crippen molar-refractivity contribution in [1.29, 1.82) is 0 Å². The molecule has 19 heteroatoms. The van der Waals surface area contributed by atoms with Crippen molar-refractivity contribution in [3.63, 3.8) is 0 Å². The van der Waals surface area contributed by atoms with E-state index in [0.29, 0.717) is 82.7 Å². The Morgan fingerprint density at radius 2 is 1.36 bits per heavy atom. The van der Waals surface area contributed by atoms with E-state index in [4.69, 9.17) is 4.74 Å². The van der Waals surface area contributed by atoms with Gasteiger partial charge in [0, 0.05) is 68.5 Å². The van der Waals surface area contributed by atoms with Gasteiger partial charge in [-0.15, -0.1) is 0 Å². The van der Waals surface area contributed by atoms with E-state index in [1.54, 1.807) is 20.8 Å². The molecule has 4 unspecified atom stereocenters. The number of carbonyl (C=O) groups is 6. The highest BCUT2D eigenvalue weighted by molar-refractivity contribution is 8.71. The first-order valence-corrected chi connectivity index (χ1v) is 24.1. The number of nitrogens with one attached hydrogen (secondary N) is 7. The van der Waals surface area contributed by atoms with Gasteiger partial charge in [0.25, 0.3) is 0 Å². The lowest BCUT2D eigenvalue weighted by Crippen LogP contribution is -2.47. The molecule has 2 fully saturated rings. The Morgan fingerprint density at radius 3 is 1.98 bits per heavy atom. The second-order valence-electron chi connectivity index (χ2n) is 15.1. The predicted molar refractivity (Wildman–Crippen MR) is 217 cm³/mol. The first-order chi connectivity index (χ1) is 26.0. The van der Waals surface area contributed by atoms with Crippen LogP contribution in [0.25, 0.3) is 0 Å². The minimum atomic E-state index is -3.24. The van der Waals surface area contributed by atoms with Crippen LogP contribution in [0, 0.1) is 0 Å². The molecule has 316 valence electrons. The third kappa shape index (κ3) is 23.7. The number of rotatable bonds is 28. The van der Waals surface area contributed by atoms with Crippen LogP contribution in [0.2, 0.25) is 0 Å². The molecule has 2 aliphatic heterocycles. The molecule has 0 aromatic heterocycles. The zero-order chi connectivity index (χ0) is 40.7. The molecule has 4 atom stereocenters. The number of carbonyl (C=O) groups excluding carboxylic acids is 6. The third-order valence-corrected chi connectivity index (χ3v) is 12.9. The number of unbranched alkanes of at least 4 members (excludes halogenated alkanes) is 6. The number of fused-ring (bicyclic) bond motifs is 1. The molecule has 2 heterocycles. The van der Waals surface area contributed by atoms with E-state index in [1.165, 1.54) is 0 Å². The van der Waals surface area contributed by atoms with Crippen LogP contribution in [0.5, 0.6) is 0 Å². The number of urea groups is 1. The number of ether oxygens (including phenoxy) is 1. The summed E-state index contributed by atoms with van der Waals surface area (Å²) in [5.74, 6) is 0.439. The highest BCUT2D eigenvalue weighted by Crippen LogP contribution is 2.33. The summed E-state index contributed by atoms with van der Waals surface area (Å²) in [7, 11) is -2.50. The number of thioether (sulfide) groups is 1. The molecular weight excluding hydrogens is 771 g/mol. The lowest BCUT2D eigenvalue weighted by Gasteiger charge is -2.19. The fraction of sp³-hybridized carbons (Fsp3) is 0.833. The molecule has 55 heavy (non-hydrogen) atoms. The summed E-state index contributed by atoms with van der Waals surface area (Å²) >= 11 is 1.88. The molecule has 0 radical (unpaired) electrons. The minimum absolute atomic E-state index is 0.0392. The van der Waals surface area contributed by atoms with E-state index < -0.39 is 26.6 Å². The van der Waals surface area contributed by atoms with Crippen molar-refractivity contribution in [2.75, 3.05) is 43.9 Å². The summed E-state index contributed by atoms with van der Waals surface area (Å²) in [6.07, 6.45) is 10.2. The number of hydrogen-bond donors (Lipinski definition) is 7. The standard InChI is InChI=1S/C36H65N7O9S3/c1-36(2,3)52-35(49)40-22-13-6-8-19-31(46)41-26(33(47)39-23-24-54-55(4,50)51)15-11-14-21-38-29(44)17-7-5-12-20-37-30(45)18-10-9-16-28-32-27(25-53-28)42-34(48)43-32/h26-28,32H,5-25H2,1-4H3,(H,37,45)(H,38,44)(H,39,47)(H,40,49)(H,41,46)(H2,42,43,48). The van der Waals surface area contributed by atoms with Crippen molar-refractivity contribution in [2.45, 2.75) is 146 Å². The Morgan fingerprint density at radius 1 is 0.782 bits per heavy atom. The van der Waals surface area contributed by atoms with E-state index in [9.17, 15) is 37.2 Å². The van der Waals surface area contributed by atoms with Crippen LogP contribution in [0.1, 0.15) is 117 Å². The maximum Gasteiger partial charge on any atom is 0.407 e. The Kier molecular flexibility index (Phi) is 22.9. The first-order valence-electron chi connectivity index (χ1n) is 19.6. The van der Waals surface area contributed by atoms with Gasteiger partial charge in [0.05, 0.1) is 12.1 Å². The largest absolute Gasteiger partial charge is 0.444 e.